The van der Waals surface area contributed by atoms with Gasteiger partial charge in [0.2, 0.25) is 4.34 Å². The first-order valence-electron chi connectivity index (χ1n) is 6.55. The van der Waals surface area contributed by atoms with Gasteiger partial charge in [-0.25, -0.2) is 23.3 Å². The second kappa shape index (κ2) is 5.73. The highest BCUT2D eigenvalue weighted by molar-refractivity contribution is 7.91. The van der Waals surface area contributed by atoms with Gasteiger partial charge in [0.15, 0.2) is 0 Å². The van der Waals surface area contributed by atoms with Gasteiger partial charge < -0.3 is 4.74 Å². The molecule has 0 aliphatic rings. The Hall–Kier alpha value is -2.29. The van der Waals surface area contributed by atoms with E-state index in [1.54, 1.807) is 24.3 Å². The molecular formula is C15H12N2O4S2. The predicted octanol–water partition coefficient (Wildman–Crippen LogP) is 2.47. The Morgan fingerprint density at radius 3 is 2.52 bits per heavy atom. The third-order valence-corrected chi connectivity index (χ3v) is 5.44. The molecule has 3 rings (SSSR count). The number of carbonyl (C=O) groups excluding carboxylic acids is 1. The molecule has 0 spiro atoms. The van der Waals surface area contributed by atoms with Crippen molar-refractivity contribution in [2.24, 2.45) is 5.14 Å². The molecule has 1 aromatic heterocycles. The van der Waals surface area contributed by atoms with E-state index in [9.17, 15) is 13.2 Å². The van der Waals surface area contributed by atoms with Crippen LogP contribution in [0.3, 0.4) is 0 Å². The SMILES string of the molecule is Cc1ccc(C(=O)Oc2ccc3sc(S(N)(=O)=O)nc3c2)cc1. The van der Waals surface area contributed by atoms with Crippen LogP contribution in [-0.4, -0.2) is 19.4 Å². The number of primary sulfonamides is 1. The van der Waals surface area contributed by atoms with E-state index in [0.29, 0.717) is 15.8 Å². The monoisotopic (exact) mass is 348 g/mol. The summed E-state index contributed by atoms with van der Waals surface area (Å²) in [6.07, 6.45) is 0. The minimum Gasteiger partial charge on any atom is -0.423 e. The summed E-state index contributed by atoms with van der Waals surface area (Å²) in [6, 6.07) is 11.7. The predicted molar refractivity (Wildman–Crippen MR) is 87.1 cm³/mol. The number of aryl methyl sites for hydroxylation is 1. The molecule has 0 fully saturated rings. The number of aromatic nitrogens is 1. The Bertz CT molecular complexity index is 992. The van der Waals surface area contributed by atoms with Gasteiger partial charge in [0, 0.05) is 6.07 Å². The molecule has 1 heterocycles. The molecule has 0 saturated heterocycles. The van der Waals surface area contributed by atoms with Crippen LogP contribution in [0.25, 0.3) is 10.2 Å². The van der Waals surface area contributed by atoms with Crippen LogP contribution in [0.5, 0.6) is 5.75 Å². The molecule has 8 heteroatoms. The van der Waals surface area contributed by atoms with Crippen LogP contribution in [0.2, 0.25) is 0 Å². The molecule has 23 heavy (non-hydrogen) atoms. The summed E-state index contributed by atoms with van der Waals surface area (Å²) in [5.41, 5.74) is 1.88. The van der Waals surface area contributed by atoms with Crippen molar-refractivity contribution in [1.29, 1.82) is 0 Å². The molecule has 118 valence electrons. The number of thiazole rings is 1. The zero-order chi connectivity index (χ0) is 16.6. The summed E-state index contributed by atoms with van der Waals surface area (Å²) in [7, 11) is -3.85. The maximum atomic E-state index is 12.1. The minimum absolute atomic E-state index is 0.172. The highest BCUT2D eigenvalue weighted by atomic mass is 32.2. The molecule has 0 unspecified atom stereocenters. The van der Waals surface area contributed by atoms with E-state index in [0.717, 1.165) is 16.9 Å². The third-order valence-electron chi connectivity index (χ3n) is 3.08. The van der Waals surface area contributed by atoms with Gasteiger partial charge in [-0.05, 0) is 31.2 Å². The quantitative estimate of drug-likeness (QED) is 0.579. The Morgan fingerprint density at radius 1 is 1.17 bits per heavy atom. The molecule has 0 bridgehead atoms. The molecular weight excluding hydrogens is 336 g/mol. The van der Waals surface area contributed by atoms with Crippen molar-refractivity contribution in [3.05, 3.63) is 53.6 Å². The topological polar surface area (TPSA) is 99.4 Å². The van der Waals surface area contributed by atoms with Crippen LogP contribution >= 0.6 is 11.3 Å². The lowest BCUT2D eigenvalue weighted by Crippen LogP contribution is -2.11. The van der Waals surface area contributed by atoms with Crippen LogP contribution in [0.15, 0.2) is 46.8 Å². The zero-order valence-electron chi connectivity index (χ0n) is 12.0. The van der Waals surface area contributed by atoms with E-state index < -0.39 is 16.0 Å². The number of nitrogens with two attached hydrogens (primary N) is 1. The van der Waals surface area contributed by atoms with E-state index in [2.05, 4.69) is 4.98 Å². The fourth-order valence-electron chi connectivity index (χ4n) is 1.93. The lowest BCUT2D eigenvalue weighted by Gasteiger charge is -2.04. The summed E-state index contributed by atoms with van der Waals surface area (Å²) in [5.74, 6) is -0.208. The van der Waals surface area contributed by atoms with Crippen molar-refractivity contribution in [2.75, 3.05) is 0 Å². The number of nitrogens with zero attached hydrogens (tertiary/aromatic N) is 1. The molecule has 6 nitrogen and oxygen atoms in total. The normalized spacial score (nSPS) is 11.6. The van der Waals surface area contributed by atoms with Crippen molar-refractivity contribution < 1.29 is 17.9 Å². The second-order valence-corrected chi connectivity index (χ2v) is 7.68. The third kappa shape index (κ3) is 3.39. The van der Waals surface area contributed by atoms with Crippen LogP contribution in [0.1, 0.15) is 15.9 Å². The highest BCUT2D eigenvalue weighted by Gasteiger charge is 2.15. The fraction of sp³-hybridized carbons (Fsp3) is 0.0667. The average Bonchev–Trinajstić information content (AvgIpc) is 2.91. The molecule has 0 atom stereocenters. The number of hydrogen-bond acceptors (Lipinski definition) is 6. The summed E-state index contributed by atoms with van der Waals surface area (Å²) in [4.78, 5) is 16.0. The maximum Gasteiger partial charge on any atom is 0.343 e. The largest absolute Gasteiger partial charge is 0.423 e. The van der Waals surface area contributed by atoms with Gasteiger partial charge in [-0.1, -0.05) is 17.7 Å². The molecule has 0 aliphatic heterocycles. The Labute approximate surface area is 136 Å². The molecule has 2 aromatic carbocycles. The second-order valence-electron chi connectivity index (χ2n) is 4.91. The van der Waals surface area contributed by atoms with E-state index >= 15 is 0 Å². The average molecular weight is 348 g/mol. The molecule has 0 radical (unpaired) electrons. The summed E-state index contributed by atoms with van der Waals surface area (Å²) < 4.78 is 28.4. The molecule has 0 saturated carbocycles. The van der Waals surface area contributed by atoms with Crippen molar-refractivity contribution in [2.45, 2.75) is 11.3 Å². The first-order chi connectivity index (χ1) is 10.8. The Balaban J connectivity index is 1.88. The Kier molecular flexibility index (Phi) is 3.88. The van der Waals surface area contributed by atoms with Gasteiger partial charge in [0.1, 0.15) is 5.75 Å². The number of rotatable bonds is 3. The smallest absolute Gasteiger partial charge is 0.343 e. The number of esters is 1. The number of hydrogen-bond donors (Lipinski definition) is 1. The van der Waals surface area contributed by atoms with Gasteiger partial charge in [0.05, 0.1) is 15.8 Å². The summed E-state index contributed by atoms with van der Waals surface area (Å²) in [6.45, 7) is 1.92. The summed E-state index contributed by atoms with van der Waals surface area (Å²) in [5, 5.41) is 5.06. The van der Waals surface area contributed by atoms with E-state index in [-0.39, 0.29) is 10.1 Å². The van der Waals surface area contributed by atoms with Crippen LogP contribution in [0, 0.1) is 6.92 Å². The van der Waals surface area contributed by atoms with Crippen LogP contribution < -0.4 is 9.88 Å². The molecule has 0 aliphatic carbocycles. The lowest BCUT2D eigenvalue weighted by molar-refractivity contribution is 0.0735. The first kappa shape index (κ1) is 15.6. The number of ether oxygens (including phenoxy) is 1. The van der Waals surface area contributed by atoms with Crippen molar-refractivity contribution in [3.8, 4) is 5.75 Å². The van der Waals surface area contributed by atoms with Crippen LogP contribution in [-0.2, 0) is 10.0 Å². The van der Waals surface area contributed by atoms with Gasteiger partial charge >= 0.3 is 5.97 Å². The number of sulfonamides is 1. The van der Waals surface area contributed by atoms with Gasteiger partial charge in [-0.3, -0.25) is 0 Å². The van der Waals surface area contributed by atoms with Crippen molar-refractivity contribution in [3.63, 3.8) is 0 Å². The standard InChI is InChI=1S/C15H12N2O4S2/c1-9-2-4-10(5-3-9)14(18)21-11-6-7-13-12(8-11)17-15(22-13)23(16,19)20/h2-8H,1H3,(H2,16,19,20). The van der Waals surface area contributed by atoms with E-state index in [1.165, 1.54) is 6.07 Å². The van der Waals surface area contributed by atoms with Gasteiger partial charge in [-0.2, -0.15) is 0 Å². The minimum atomic E-state index is -3.85. The number of fused-ring (bicyclic) bond motifs is 1. The summed E-state index contributed by atoms with van der Waals surface area (Å²) >= 11 is 0.965. The zero-order valence-corrected chi connectivity index (χ0v) is 13.6. The number of benzene rings is 2. The Morgan fingerprint density at radius 2 is 1.87 bits per heavy atom. The van der Waals surface area contributed by atoms with Crippen molar-refractivity contribution >= 4 is 37.5 Å². The maximum absolute atomic E-state index is 12.1. The van der Waals surface area contributed by atoms with Gasteiger partial charge in [0.25, 0.3) is 10.0 Å². The van der Waals surface area contributed by atoms with E-state index in [4.69, 9.17) is 9.88 Å². The molecule has 2 N–H and O–H groups in total. The van der Waals surface area contributed by atoms with Crippen molar-refractivity contribution in [1.82, 2.24) is 4.98 Å². The highest BCUT2D eigenvalue weighted by Crippen LogP contribution is 2.28. The fourth-order valence-corrected chi connectivity index (χ4v) is 3.56. The van der Waals surface area contributed by atoms with E-state index in [1.807, 2.05) is 19.1 Å². The van der Waals surface area contributed by atoms with Crippen LogP contribution in [0.4, 0.5) is 0 Å². The lowest BCUT2D eigenvalue weighted by atomic mass is 10.1. The number of carbonyl (C=O) groups is 1. The molecule has 3 aromatic rings. The van der Waals surface area contributed by atoms with Gasteiger partial charge in [-0.15, -0.1) is 11.3 Å². The molecule has 0 amide bonds. The first-order valence-corrected chi connectivity index (χ1v) is 8.91.